The highest BCUT2D eigenvalue weighted by Gasteiger charge is 2.39. The molecule has 1 heterocycles. The zero-order valence-electron chi connectivity index (χ0n) is 20.3. The second-order valence-electron chi connectivity index (χ2n) is 10.4. The zero-order chi connectivity index (χ0) is 23.5. The van der Waals surface area contributed by atoms with Crippen molar-refractivity contribution in [2.75, 3.05) is 39.5 Å². The maximum atomic E-state index is 11.4. The van der Waals surface area contributed by atoms with Gasteiger partial charge in [-0.3, -0.25) is 4.90 Å². The molecule has 5 nitrogen and oxygen atoms in total. The first kappa shape index (κ1) is 24.2. The smallest absolute Gasteiger partial charge is 0.134 e. The summed E-state index contributed by atoms with van der Waals surface area (Å²) >= 11 is 0. The van der Waals surface area contributed by atoms with Gasteiger partial charge in [-0.15, -0.1) is 0 Å². The monoisotopic (exact) mass is 453 g/mol. The fourth-order valence-corrected chi connectivity index (χ4v) is 5.37. The van der Waals surface area contributed by atoms with Crippen LogP contribution in [0.15, 0.2) is 42.5 Å². The molecule has 2 fully saturated rings. The van der Waals surface area contributed by atoms with Crippen LogP contribution in [0, 0.1) is 20.8 Å². The predicted molar refractivity (Wildman–Crippen MR) is 131 cm³/mol. The minimum absolute atomic E-state index is 0.168. The first-order valence-corrected chi connectivity index (χ1v) is 12.3. The van der Waals surface area contributed by atoms with Gasteiger partial charge in [0.2, 0.25) is 0 Å². The molecule has 1 aliphatic carbocycles. The molecule has 2 N–H and O–H groups in total. The maximum absolute atomic E-state index is 11.4. The molecule has 4 rings (SSSR count). The predicted octanol–water partition coefficient (Wildman–Crippen LogP) is 4.14. The summed E-state index contributed by atoms with van der Waals surface area (Å²) in [5.74, 6) is 1.33. The fourth-order valence-electron chi connectivity index (χ4n) is 5.37. The van der Waals surface area contributed by atoms with Gasteiger partial charge in [-0.05, 0) is 80.7 Å². The van der Waals surface area contributed by atoms with E-state index in [-0.39, 0.29) is 13.2 Å². The Labute approximate surface area is 198 Å². The normalized spacial score (nSPS) is 28.9. The van der Waals surface area contributed by atoms with Crippen LogP contribution in [0.25, 0.3) is 0 Å². The summed E-state index contributed by atoms with van der Waals surface area (Å²) in [6.07, 6.45) is 3.54. The van der Waals surface area contributed by atoms with E-state index >= 15 is 0 Å². The van der Waals surface area contributed by atoms with Crippen LogP contribution in [0.5, 0.6) is 5.75 Å². The van der Waals surface area contributed by atoms with Gasteiger partial charge in [0.05, 0.1) is 18.8 Å². The molecule has 2 aromatic carbocycles. The molecule has 0 radical (unpaired) electrons. The molecule has 0 unspecified atom stereocenters. The summed E-state index contributed by atoms with van der Waals surface area (Å²) in [4.78, 5) is 2.16. The van der Waals surface area contributed by atoms with Crippen molar-refractivity contribution in [1.29, 1.82) is 0 Å². The Bertz CT molecular complexity index is 923. The molecule has 2 aromatic rings. The molecule has 1 saturated heterocycles. The summed E-state index contributed by atoms with van der Waals surface area (Å²) in [5, 5.41) is 22.7. The number of nitrogens with zero attached hydrogens (tertiary/aromatic N) is 1. The summed E-state index contributed by atoms with van der Waals surface area (Å²) in [7, 11) is 0. The molecule has 0 bridgehead atoms. The third-order valence-corrected chi connectivity index (χ3v) is 7.41. The minimum atomic E-state index is -1.11. The van der Waals surface area contributed by atoms with E-state index < -0.39 is 11.2 Å². The number of ether oxygens (including phenoxy) is 2. The van der Waals surface area contributed by atoms with Gasteiger partial charge in [-0.2, -0.15) is 0 Å². The Balaban J connectivity index is 1.36. The van der Waals surface area contributed by atoms with Crippen LogP contribution in [0.2, 0.25) is 0 Å². The van der Waals surface area contributed by atoms with Crippen molar-refractivity contribution >= 4 is 0 Å². The quantitative estimate of drug-likeness (QED) is 0.688. The van der Waals surface area contributed by atoms with Gasteiger partial charge in [0, 0.05) is 19.6 Å². The number of benzene rings is 2. The van der Waals surface area contributed by atoms with E-state index in [2.05, 4.69) is 55.1 Å². The van der Waals surface area contributed by atoms with Gasteiger partial charge < -0.3 is 19.7 Å². The van der Waals surface area contributed by atoms with Gasteiger partial charge in [-0.1, -0.05) is 36.4 Å². The lowest BCUT2D eigenvalue weighted by Crippen LogP contribution is -2.53. The van der Waals surface area contributed by atoms with Gasteiger partial charge in [-0.25, -0.2) is 0 Å². The number of aryl methyl sites for hydroxylation is 2. The largest absolute Gasteiger partial charge is 0.490 e. The van der Waals surface area contributed by atoms with Gasteiger partial charge in [0.25, 0.3) is 0 Å². The Morgan fingerprint density at radius 3 is 2.48 bits per heavy atom. The van der Waals surface area contributed by atoms with Crippen LogP contribution >= 0.6 is 0 Å². The molecule has 0 spiro atoms. The lowest BCUT2D eigenvalue weighted by Gasteiger charge is -2.40. The summed E-state index contributed by atoms with van der Waals surface area (Å²) in [6, 6.07) is 14.8. The second-order valence-corrected chi connectivity index (χ2v) is 10.4. The van der Waals surface area contributed by atoms with Crippen molar-refractivity contribution in [2.45, 2.75) is 63.6 Å². The van der Waals surface area contributed by atoms with Gasteiger partial charge >= 0.3 is 0 Å². The Hall–Kier alpha value is -1.92. The molecule has 0 aromatic heterocycles. The van der Waals surface area contributed by atoms with E-state index in [4.69, 9.17) is 9.47 Å². The number of β-amino-alcohol motifs (C(OH)–C–C–N with tert-alkyl or cyclic N) is 2. The van der Waals surface area contributed by atoms with Crippen molar-refractivity contribution in [1.82, 2.24) is 4.90 Å². The average Bonchev–Trinajstić information content (AvgIpc) is 2.97. The Morgan fingerprint density at radius 1 is 1.03 bits per heavy atom. The van der Waals surface area contributed by atoms with Gasteiger partial charge in [0.1, 0.15) is 18.0 Å². The van der Waals surface area contributed by atoms with Crippen LogP contribution in [0.1, 0.15) is 53.9 Å². The van der Waals surface area contributed by atoms with E-state index in [1.54, 1.807) is 0 Å². The summed E-state index contributed by atoms with van der Waals surface area (Å²) < 4.78 is 11.9. The molecule has 180 valence electrons. The molecule has 5 heteroatoms. The van der Waals surface area contributed by atoms with E-state index in [1.165, 1.54) is 11.1 Å². The lowest BCUT2D eigenvalue weighted by atomic mass is 9.76. The third-order valence-electron chi connectivity index (χ3n) is 7.41. The Morgan fingerprint density at radius 2 is 1.76 bits per heavy atom. The molecule has 0 amide bonds. The number of rotatable bonds is 6. The first-order chi connectivity index (χ1) is 15.8. The molecule has 1 aliphatic heterocycles. The number of aliphatic hydroxyl groups is 2. The standard InChI is InChI=1S/C28H39NO4/c1-21-15-22(2)23(3)26(16-21)33-20-28(31)18-29(13-14-32-19-28)17-27(30)11-9-25(10-12-27)24-7-5-4-6-8-24/h4-8,15-16,25,30-31H,9-14,17-20H2,1-3H3/t25?,27?,28-/m1/s1. The SMILES string of the molecule is Cc1cc(C)c(C)c(OC[C@]2(O)COCCN(CC3(O)CCC(c4ccccc4)CC3)C2)c1. The molecule has 1 saturated carbocycles. The van der Waals surface area contributed by atoms with Crippen molar-refractivity contribution < 1.29 is 19.7 Å². The molecular weight excluding hydrogens is 414 g/mol. The summed E-state index contributed by atoms with van der Waals surface area (Å²) in [5.41, 5.74) is 2.96. The van der Waals surface area contributed by atoms with Crippen LogP contribution < -0.4 is 4.74 Å². The highest BCUT2D eigenvalue weighted by molar-refractivity contribution is 5.42. The Kier molecular flexibility index (Phi) is 7.44. The van der Waals surface area contributed by atoms with Gasteiger partial charge in [0.15, 0.2) is 0 Å². The molecule has 1 atom stereocenters. The fraction of sp³-hybridized carbons (Fsp3) is 0.571. The maximum Gasteiger partial charge on any atom is 0.134 e. The van der Waals surface area contributed by atoms with E-state index in [0.29, 0.717) is 32.2 Å². The molecule has 2 aliphatic rings. The molecular formula is C28H39NO4. The topological polar surface area (TPSA) is 62.2 Å². The minimum Gasteiger partial charge on any atom is -0.490 e. The number of hydrogen-bond donors (Lipinski definition) is 2. The van der Waals surface area contributed by atoms with E-state index in [9.17, 15) is 10.2 Å². The van der Waals surface area contributed by atoms with Crippen LogP contribution in [0.4, 0.5) is 0 Å². The first-order valence-electron chi connectivity index (χ1n) is 12.3. The average molecular weight is 454 g/mol. The number of hydrogen-bond acceptors (Lipinski definition) is 5. The third kappa shape index (κ3) is 6.15. The highest BCUT2D eigenvalue weighted by Crippen LogP contribution is 2.38. The lowest BCUT2D eigenvalue weighted by molar-refractivity contribution is -0.0767. The van der Waals surface area contributed by atoms with Crippen molar-refractivity contribution in [3.63, 3.8) is 0 Å². The second kappa shape index (κ2) is 10.1. The van der Waals surface area contributed by atoms with Crippen LogP contribution in [-0.4, -0.2) is 65.8 Å². The molecule has 33 heavy (non-hydrogen) atoms. The van der Waals surface area contributed by atoms with E-state index in [1.807, 2.05) is 13.0 Å². The van der Waals surface area contributed by atoms with Crippen LogP contribution in [-0.2, 0) is 4.74 Å². The zero-order valence-corrected chi connectivity index (χ0v) is 20.3. The van der Waals surface area contributed by atoms with Crippen molar-refractivity contribution in [3.8, 4) is 5.75 Å². The highest BCUT2D eigenvalue weighted by atomic mass is 16.5. The van der Waals surface area contributed by atoms with Crippen molar-refractivity contribution in [2.24, 2.45) is 0 Å². The summed E-state index contributed by atoms with van der Waals surface area (Å²) in [6.45, 7) is 8.83. The van der Waals surface area contributed by atoms with E-state index in [0.717, 1.165) is 42.6 Å². The van der Waals surface area contributed by atoms with Crippen molar-refractivity contribution in [3.05, 3.63) is 64.7 Å². The van der Waals surface area contributed by atoms with Crippen LogP contribution in [0.3, 0.4) is 0 Å².